The van der Waals surface area contributed by atoms with Gasteiger partial charge in [0.2, 0.25) is 0 Å². The van der Waals surface area contributed by atoms with E-state index in [2.05, 4.69) is 0 Å². The van der Waals surface area contributed by atoms with Crippen molar-refractivity contribution in [1.29, 1.82) is 0 Å². The van der Waals surface area contributed by atoms with Crippen molar-refractivity contribution in [2.24, 2.45) is 0 Å². The highest BCUT2D eigenvalue weighted by atomic mass is 32.2. The molecule has 0 aliphatic carbocycles. The third kappa shape index (κ3) is 3.73. The topological polar surface area (TPSA) is 33.2 Å². The van der Waals surface area contributed by atoms with Gasteiger partial charge in [-0.1, -0.05) is 0 Å². The molecule has 0 saturated heterocycles. The fourth-order valence-corrected chi connectivity index (χ4v) is 2.02. The number of rotatable bonds is 1. The number of nitrogens with zero attached hydrogens (tertiary/aromatic N) is 3. The fourth-order valence-electron chi connectivity index (χ4n) is 1.17. The molecule has 4 nitrogen and oxygen atoms in total. The first-order chi connectivity index (χ1) is 7.02. The van der Waals surface area contributed by atoms with Crippen LogP contribution in [0.25, 0.3) is 0 Å². The van der Waals surface area contributed by atoms with Gasteiger partial charge in [-0.25, -0.2) is 0 Å². The van der Waals surface area contributed by atoms with Gasteiger partial charge in [-0.2, -0.15) is 4.73 Å². The molecule has 1 aromatic heterocycles. The molecule has 90 valence electrons. The molecule has 0 aliphatic heterocycles. The second-order valence-corrected chi connectivity index (χ2v) is 4.53. The molecule has 16 heavy (non-hydrogen) atoms. The highest BCUT2D eigenvalue weighted by molar-refractivity contribution is 8.13. The zero-order chi connectivity index (χ0) is 11.4. The Hall–Kier alpha value is -1.23. The minimum atomic E-state index is 0. The average Bonchev–Trinajstić information content (AvgIpc) is 2.15. The van der Waals surface area contributed by atoms with Gasteiger partial charge in [0.05, 0.1) is 40.0 Å². The highest BCUT2D eigenvalue weighted by Gasteiger charge is 2.18. The van der Waals surface area contributed by atoms with E-state index in [1.165, 1.54) is 18.0 Å². The summed E-state index contributed by atoms with van der Waals surface area (Å²) in [6.45, 7) is 0. The van der Waals surface area contributed by atoms with Crippen LogP contribution in [0.5, 0.6) is 0 Å². The normalized spacial score (nSPS) is 9.25. The van der Waals surface area contributed by atoms with Crippen LogP contribution >= 0.6 is 11.8 Å². The molecule has 0 atom stereocenters. The number of hydrogen-bond acceptors (Lipinski definition) is 2. The molecule has 0 aromatic carbocycles. The van der Waals surface area contributed by atoms with Crippen LogP contribution < -0.4 is 4.73 Å². The minimum Gasteiger partial charge on any atom is -0.618 e. The first-order valence-electron chi connectivity index (χ1n) is 4.60. The van der Waals surface area contributed by atoms with Crippen LogP contribution in [0.3, 0.4) is 0 Å². The van der Waals surface area contributed by atoms with Gasteiger partial charge in [0.1, 0.15) is 0 Å². The second-order valence-electron chi connectivity index (χ2n) is 3.54. The molecule has 0 spiro atoms. The summed E-state index contributed by atoms with van der Waals surface area (Å²) in [7, 11) is 7.83. The van der Waals surface area contributed by atoms with Gasteiger partial charge in [-0.3, -0.25) is 9.48 Å². The Kier molecular flexibility index (Phi) is 5.88. The number of amidine groups is 1. The van der Waals surface area contributed by atoms with E-state index in [0.717, 1.165) is 9.90 Å². The molecule has 0 unspecified atom stereocenters. The summed E-state index contributed by atoms with van der Waals surface area (Å²) in [6.07, 6.45) is 1.51. The quantitative estimate of drug-likeness (QED) is 0.184. The first-order valence-corrected chi connectivity index (χ1v) is 5.41. The lowest BCUT2D eigenvalue weighted by atomic mass is 10.5. The van der Waals surface area contributed by atoms with E-state index in [1.54, 1.807) is 6.07 Å². The number of hydrogen-bond donors (Lipinski definition) is 0. The summed E-state index contributed by atoms with van der Waals surface area (Å²) in [5.41, 5.74) is 0. The van der Waals surface area contributed by atoms with E-state index in [0.29, 0.717) is 5.03 Å². The van der Waals surface area contributed by atoms with Crippen LogP contribution in [-0.4, -0.2) is 42.8 Å². The smallest absolute Gasteiger partial charge is 0.318 e. The van der Waals surface area contributed by atoms with E-state index >= 15 is 0 Å². The van der Waals surface area contributed by atoms with Crippen LogP contribution in [-0.2, 0) is 0 Å². The molecule has 0 amide bonds. The summed E-state index contributed by atoms with van der Waals surface area (Å²) in [5, 5.41) is 13.1. The van der Waals surface area contributed by atoms with Crippen LogP contribution in [0.2, 0.25) is 0 Å². The number of aromatic nitrogens is 1. The molecule has 5 heteroatoms. The van der Waals surface area contributed by atoms with Crippen molar-refractivity contribution in [3.8, 4) is 0 Å². The Labute approximate surface area is 102 Å². The lowest BCUT2D eigenvalue weighted by molar-refractivity contribution is -0.645. The van der Waals surface area contributed by atoms with Gasteiger partial charge < -0.3 is 12.6 Å². The molecule has 1 aromatic rings. The van der Waals surface area contributed by atoms with Gasteiger partial charge in [0.25, 0.3) is 5.03 Å². The van der Waals surface area contributed by atoms with Crippen molar-refractivity contribution >= 4 is 16.9 Å². The van der Waals surface area contributed by atoms with Crippen LogP contribution in [0, 0.1) is 12.6 Å². The van der Waals surface area contributed by atoms with E-state index in [-0.39, 0.29) is 7.43 Å². The SMILES string of the molecule is CN(C)C(Sc1cccc[n+]1[O-])=[N+](C)C.[CH3-]. The van der Waals surface area contributed by atoms with Gasteiger partial charge >= 0.3 is 5.17 Å². The maximum atomic E-state index is 11.4. The fraction of sp³-hybridized carbons (Fsp3) is 0.364. The zero-order valence-electron chi connectivity index (χ0n) is 10.5. The summed E-state index contributed by atoms with van der Waals surface area (Å²) < 4.78 is 2.86. The molecule has 0 radical (unpaired) electrons. The van der Waals surface area contributed by atoms with Crippen LogP contribution in [0.4, 0.5) is 0 Å². The first kappa shape index (κ1) is 14.8. The summed E-state index contributed by atoms with van der Waals surface area (Å²) in [6, 6.07) is 5.40. The van der Waals surface area contributed by atoms with Crippen molar-refractivity contribution in [3.63, 3.8) is 0 Å². The molecule has 0 bridgehead atoms. The van der Waals surface area contributed by atoms with E-state index in [9.17, 15) is 5.21 Å². The van der Waals surface area contributed by atoms with E-state index in [1.807, 2.05) is 49.8 Å². The van der Waals surface area contributed by atoms with Crippen LogP contribution in [0.1, 0.15) is 0 Å². The predicted molar refractivity (Wildman–Crippen MR) is 68.5 cm³/mol. The molecule has 0 aliphatic rings. The van der Waals surface area contributed by atoms with Crippen LogP contribution in [0.15, 0.2) is 29.4 Å². The Balaban J connectivity index is 0.00000225. The van der Waals surface area contributed by atoms with Crippen molar-refractivity contribution in [2.75, 3.05) is 28.2 Å². The maximum Gasteiger partial charge on any atom is 0.318 e. The maximum absolute atomic E-state index is 11.4. The number of thioether (sulfide) groups is 1. The predicted octanol–water partition coefficient (Wildman–Crippen LogP) is 1.05. The summed E-state index contributed by atoms with van der Waals surface area (Å²) >= 11 is 1.45. The molecule has 1 heterocycles. The lowest BCUT2D eigenvalue weighted by Gasteiger charge is -2.09. The molecule has 1 rings (SSSR count). The lowest BCUT2D eigenvalue weighted by Crippen LogP contribution is -2.32. The van der Waals surface area contributed by atoms with Crippen molar-refractivity contribution in [1.82, 2.24) is 4.90 Å². The van der Waals surface area contributed by atoms with E-state index in [4.69, 9.17) is 0 Å². The zero-order valence-corrected chi connectivity index (χ0v) is 11.3. The third-order valence-electron chi connectivity index (χ3n) is 1.75. The highest BCUT2D eigenvalue weighted by Crippen LogP contribution is 2.15. The van der Waals surface area contributed by atoms with Crippen molar-refractivity contribution in [2.45, 2.75) is 5.03 Å². The minimum absolute atomic E-state index is 0. The molecular weight excluding hydrogens is 222 g/mol. The Morgan fingerprint density at radius 2 is 2.00 bits per heavy atom. The average molecular weight is 241 g/mol. The number of pyridine rings is 1. The Bertz CT molecular complexity index is 373. The van der Waals surface area contributed by atoms with Gasteiger partial charge in [-0.15, -0.1) is 0 Å². The molecule has 0 fully saturated rings. The van der Waals surface area contributed by atoms with Crippen molar-refractivity contribution < 1.29 is 9.31 Å². The van der Waals surface area contributed by atoms with Crippen molar-refractivity contribution in [3.05, 3.63) is 37.0 Å². The third-order valence-corrected chi connectivity index (χ3v) is 3.19. The summed E-state index contributed by atoms with van der Waals surface area (Å²) in [4.78, 5) is 1.98. The Morgan fingerprint density at radius 1 is 1.38 bits per heavy atom. The summed E-state index contributed by atoms with van der Waals surface area (Å²) in [5.74, 6) is 0. The molecular formula is C11H19N3OS. The standard InChI is InChI=1S/C10H16N3OS.CH3/c1-11(2)10(12(3)4)15-9-7-5-6-8-13(9)14;/h5-8H,1-4H3;1H3/q+1;-1. The monoisotopic (exact) mass is 241 g/mol. The van der Waals surface area contributed by atoms with Gasteiger partial charge in [-0.05, 0) is 6.07 Å². The largest absolute Gasteiger partial charge is 0.618 e. The van der Waals surface area contributed by atoms with Gasteiger partial charge in [0.15, 0.2) is 6.20 Å². The van der Waals surface area contributed by atoms with E-state index < -0.39 is 0 Å². The second kappa shape index (κ2) is 6.37. The molecule has 0 N–H and O–H groups in total. The Morgan fingerprint density at radius 3 is 2.44 bits per heavy atom. The van der Waals surface area contributed by atoms with Gasteiger partial charge in [0, 0.05) is 12.1 Å². The molecule has 0 saturated carbocycles.